The minimum Gasteiger partial charge on any atom is -0.392 e. The van der Waals surface area contributed by atoms with E-state index in [4.69, 9.17) is 0 Å². The predicted octanol–water partition coefficient (Wildman–Crippen LogP) is 1.62. The molecule has 4 nitrogen and oxygen atoms in total. The summed E-state index contributed by atoms with van der Waals surface area (Å²) in [5, 5.41) is 20.1. The van der Waals surface area contributed by atoms with Crippen LogP contribution in [0.5, 0.6) is 0 Å². The van der Waals surface area contributed by atoms with E-state index in [9.17, 15) is 15.2 Å². The first kappa shape index (κ1) is 9.15. The van der Waals surface area contributed by atoms with Gasteiger partial charge >= 0.3 is 0 Å². The maximum atomic E-state index is 10.5. The molecule has 2 unspecified atom stereocenters. The Morgan fingerprint density at radius 1 is 1.57 bits per heavy atom. The van der Waals surface area contributed by atoms with E-state index < -0.39 is 11.0 Å². The van der Waals surface area contributed by atoms with Gasteiger partial charge in [0.25, 0.3) is 5.69 Å². The molecule has 0 heterocycles. The van der Waals surface area contributed by atoms with Crippen LogP contribution in [0.15, 0.2) is 18.2 Å². The van der Waals surface area contributed by atoms with Crippen LogP contribution >= 0.6 is 0 Å². The molecule has 0 radical (unpaired) electrons. The third-order valence-corrected chi connectivity index (χ3v) is 2.84. The van der Waals surface area contributed by atoms with E-state index in [1.54, 1.807) is 12.1 Å². The van der Waals surface area contributed by atoms with E-state index in [1.165, 1.54) is 6.07 Å². The van der Waals surface area contributed by atoms with Crippen molar-refractivity contribution in [3.05, 3.63) is 39.4 Å². The van der Waals surface area contributed by atoms with Crippen molar-refractivity contribution >= 4 is 5.69 Å². The molecule has 4 heteroatoms. The van der Waals surface area contributed by atoms with Crippen LogP contribution in [-0.2, 0) is 6.42 Å². The number of hydrogen-bond acceptors (Lipinski definition) is 3. The van der Waals surface area contributed by atoms with Crippen molar-refractivity contribution in [3.8, 4) is 0 Å². The maximum absolute atomic E-state index is 10.5. The van der Waals surface area contributed by atoms with Crippen LogP contribution in [0.4, 0.5) is 5.69 Å². The fraction of sp³-hybridized carbons (Fsp3) is 0.400. The highest BCUT2D eigenvalue weighted by atomic mass is 16.6. The monoisotopic (exact) mass is 193 g/mol. The second-order valence-electron chi connectivity index (χ2n) is 3.70. The Kier molecular flexibility index (Phi) is 2.00. The number of hydrogen-bond donors (Lipinski definition) is 1. The van der Waals surface area contributed by atoms with Crippen LogP contribution in [-0.4, -0.2) is 16.1 Å². The lowest BCUT2D eigenvalue weighted by Crippen LogP contribution is -2.09. The largest absolute Gasteiger partial charge is 0.392 e. The molecule has 0 spiro atoms. The van der Waals surface area contributed by atoms with Crippen molar-refractivity contribution in [3.63, 3.8) is 0 Å². The molecular weight excluding hydrogens is 182 g/mol. The van der Waals surface area contributed by atoms with Crippen molar-refractivity contribution in [2.75, 3.05) is 0 Å². The van der Waals surface area contributed by atoms with Gasteiger partial charge < -0.3 is 5.11 Å². The zero-order chi connectivity index (χ0) is 10.3. The third-order valence-electron chi connectivity index (χ3n) is 2.84. The summed E-state index contributed by atoms with van der Waals surface area (Å²) in [5.41, 5.74) is 2.03. The topological polar surface area (TPSA) is 63.4 Å². The number of nitro groups is 1. The van der Waals surface area contributed by atoms with Gasteiger partial charge in [0.2, 0.25) is 0 Å². The molecule has 1 aromatic rings. The summed E-state index contributed by atoms with van der Waals surface area (Å²) in [5.74, 6) is 0.00454. The van der Waals surface area contributed by atoms with E-state index in [0.717, 1.165) is 11.1 Å². The predicted molar refractivity (Wildman–Crippen MR) is 51.2 cm³/mol. The van der Waals surface area contributed by atoms with Gasteiger partial charge in [-0.1, -0.05) is 13.0 Å². The molecule has 14 heavy (non-hydrogen) atoms. The normalized spacial score (nSPS) is 24.7. The van der Waals surface area contributed by atoms with E-state index in [-0.39, 0.29) is 11.6 Å². The number of fused-ring (bicyclic) bond motifs is 1. The molecule has 1 aliphatic carbocycles. The quantitative estimate of drug-likeness (QED) is 0.544. The summed E-state index contributed by atoms with van der Waals surface area (Å²) in [6.45, 7) is 1.89. The molecule has 0 saturated carbocycles. The van der Waals surface area contributed by atoms with Crippen molar-refractivity contribution in [2.45, 2.75) is 25.4 Å². The fourth-order valence-corrected chi connectivity index (χ4v) is 1.92. The first-order chi connectivity index (χ1) is 6.59. The number of rotatable bonds is 1. The van der Waals surface area contributed by atoms with Crippen LogP contribution in [0.25, 0.3) is 0 Å². The Morgan fingerprint density at radius 3 is 2.93 bits per heavy atom. The van der Waals surface area contributed by atoms with Crippen LogP contribution in [0.3, 0.4) is 0 Å². The first-order valence-electron chi connectivity index (χ1n) is 4.55. The summed E-state index contributed by atoms with van der Waals surface area (Å²) in [6.07, 6.45) is 0.209. The van der Waals surface area contributed by atoms with Crippen LogP contribution in [0.2, 0.25) is 0 Å². The Morgan fingerprint density at radius 2 is 2.29 bits per heavy atom. The van der Waals surface area contributed by atoms with Gasteiger partial charge in [-0.3, -0.25) is 10.1 Å². The summed E-state index contributed by atoms with van der Waals surface area (Å²) in [6, 6.07) is 4.79. The molecule has 0 amide bonds. The third kappa shape index (κ3) is 1.28. The number of aliphatic hydroxyl groups excluding tert-OH is 1. The summed E-state index contributed by atoms with van der Waals surface area (Å²) in [4.78, 5) is 10.1. The molecule has 0 bridgehead atoms. The maximum Gasteiger partial charge on any atom is 0.269 e. The lowest BCUT2D eigenvalue weighted by Gasteiger charge is -2.07. The second-order valence-corrected chi connectivity index (χ2v) is 3.70. The second kappa shape index (κ2) is 3.06. The number of aliphatic hydroxyl groups is 1. The molecule has 2 atom stereocenters. The van der Waals surface area contributed by atoms with Gasteiger partial charge in [-0.25, -0.2) is 0 Å². The minimum atomic E-state index is -0.405. The van der Waals surface area contributed by atoms with Gasteiger partial charge in [-0.2, -0.15) is 0 Å². The Labute approximate surface area is 81.3 Å². The van der Waals surface area contributed by atoms with Crippen LogP contribution in [0, 0.1) is 10.1 Å². The molecule has 1 aromatic carbocycles. The molecule has 1 N–H and O–H groups in total. The lowest BCUT2D eigenvalue weighted by atomic mass is 10.0. The van der Waals surface area contributed by atoms with Crippen molar-refractivity contribution in [1.29, 1.82) is 0 Å². The Balaban J connectivity index is 2.46. The first-order valence-corrected chi connectivity index (χ1v) is 4.55. The smallest absolute Gasteiger partial charge is 0.269 e. The number of benzene rings is 1. The van der Waals surface area contributed by atoms with E-state index >= 15 is 0 Å². The number of non-ortho nitro benzene ring substituents is 1. The molecular formula is C10H11NO3. The summed E-state index contributed by atoms with van der Waals surface area (Å²) >= 11 is 0. The Hall–Kier alpha value is -1.42. The molecule has 0 saturated heterocycles. The zero-order valence-corrected chi connectivity index (χ0v) is 7.80. The lowest BCUT2D eigenvalue weighted by molar-refractivity contribution is -0.384. The van der Waals surface area contributed by atoms with Gasteiger partial charge in [0.1, 0.15) is 0 Å². The number of nitro benzene ring substituents is 1. The highest BCUT2D eigenvalue weighted by Gasteiger charge is 2.28. The molecule has 1 aliphatic rings. The van der Waals surface area contributed by atoms with E-state index in [0.29, 0.717) is 6.42 Å². The Bertz CT molecular complexity index is 389. The van der Waals surface area contributed by atoms with Gasteiger partial charge in [0.05, 0.1) is 11.0 Å². The van der Waals surface area contributed by atoms with Gasteiger partial charge in [-0.15, -0.1) is 0 Å². The van der Waals surface area contributed by atoms with E-state index in [2.05, 4.69) is 0 Å². The average Bonchev–Trinajstić information content (AvgIpc) is 2.43. The fourth-order valence-electron chi connectivity index (χ4n) is 1.92. The highest BCUT2D eigenvalue weighted by Crippen LogP contribution is 2.34. The molecule has 0 aromatic heterocycles. The molecule has 0 aliphatic heterocycles. The molecule has 2 rings (SSSR count). The average molecular weight is 193 g/mol. The minimum absolute atomic E-state index is 0.00454. The summed E-state index contributed by atoms with van der Waals surface area (Å²) in [7, 11) is 0. The van der Waals surface area contributed by atoms with Crippen molar-refractivity contribution in [2.24, 2.45) is 0 Å². The summed E-state index contributed by atoms with van der Waals surface area (Å²) < 4.78 is 0. The molecule has 0 fully saturated rings. The standard InChI is InChI=1S/C10H11NO3/c1-6-9-5-8(11(13)14)3-2-7(9)4-10(6)12/h2-3,5-6,10,12H,4H2,1H3. The van der Waals surface area contributed by atoms with Crippen molar-refractivity contribution < 1.29 is 10.0 Å². The van der Waals surface area contributed by atoms with Gasteiger partial charge in [-0.05, 0) is 17.5 Å². The van der Waals surface area contributed by atoms with Crippen LogP contribution < -0.4 is 0 Å². The van der Waals surface area contributed by atoms with Gasteiger partial charge in [0, 0.05) is 18.1 Å². The van der Waals surface area contributed by atoms with Gasteiger partial charge in [0.15, 0.2) is 0 Å². The molecule has 74 valence electrons. The SMILES string of the molecule is CC1c2cc([N+](=O)[O-])ccc2CC1O. The van der Waals surface area contributed by atoms with E-state index in [1.807, 2.05) is 6.92 Å². The highest BCUT2D eigenvalue weighted by molar-refractivity contribution is 5.45. The van der Waals surface area contributed by atoms with Crippen molar-refractivity contribution in [1.82, 2.24) is 0 Å². The number of nitrogens with zero attached hydrogens (tertiary/aromatic N) is 1. The van der Waals surface area contributed by atoms with Crippen LogP contribution in [0.1, 0.15) is 24.0 Å². The zero-order valence-electron chi connectivity index (χ0n) is 7.80.